The number of aromatic nitrogens is 2. The first kappa shape index (κ1) is 21.2. The molecule has 1 heterocycles. The number of benzene rings is 2. The average Bonchev–Trinajstić information content (AvgIpc) is 3.00. The number of nitrogens with zero attached hydrogens (tertiary/aromatic N) is 3. The van der Waals surface area contributed by atoms with Crippen molar-refractivity contribution >= 4 is 5.91 Å². The van der Waals surface area contributed by atoms with E-state index in [1.54, 1.807) is 4.68 Å². The number of hydrogen-bond donors (Lipinski definition) is 0. The zero-order chi connectivity index (χ0) is 22.0. The molecular formula is C26H31N3O2. The van der Waals surface area contributed by atoms with Gasteiger partial charge in [-0.2, -0.15) is 5.10 Å². The third-order valence-electron chi connectivity index (χ3n) is 6.03. The summed E-state index contributed by atoms with van der Waals surface area (Å²) in [5, 5.41) is 4.80. The van der Waals surface area contributed by atoms with Crippen LogP contribution in [0.25, 0.3) is 11.3 Å². The Balaban J connectivity index is 1.76. The molecule has 2 aromatic carbocycles. The number of ether oxygens (including phenoxy) is 1. The second kappa shape index (κ2) is 8.96. The summed E-state index contributed by atoms with van der Waals surface area (Å²) in [5.41, 5.74) is 3.95. The number of carbonyl (C=O) groups excluding carboxylic acids is 1. The van der Waals surface area contributed by atoms with Crippen LogP contribution in [0.2, 0.25) is 0 Å². The van der Waals surface area contributed by atoms with Crippen molar-refractivity contribution in [2.75, 3.05) is 0 Å². The van der Waals surface area contributed by atoms with E-state index >= 15 is 0 Å². The van der Waals surface area contributed by atoms with Crippen LogP contribution in [0.3, 0.4) is 0 Å². The summed E-state index contributed by atoms with van der Waals surface area (Å²) in [7, 11) is 1.90. The Bertz CT molecular complexity index is 1050. The number of amides is 1. The molecule has 0 saturated heterocycles. The first-order chi connectivity index (χ1) is 14.9. The topological polar surface area (TPSA) is 47.4 Å². The van der Waals surface area contributed by atoms with Crippen molar-refractivity contribution in [1.29, 1.82) is 0 Å². The molecule has 1 aromatic heterocycles. The van der Waals surface area contributed by atoms with Crippen molar-refractivity contribution < 1.29 is 9.53 Å². The van der Waals surface area contributed by atoms with Gasteiger partial charge in [-0.05, 0) is 51.3 Å². The van der Waals surface area contributed by atoms with Gasteiger partial charge in [0.1, 0.15) is 11.4 Å². The first-order valence-electron chi connectivity index (χ1n) is 11.1. The predicted octanol–water partition coefficient (Wildman–Crippen LogP) is 5.72. The van der Waals surface area contributed by atoms with Crippen molar-refractivity contribution in [3.05, 3.63) is 65.7 Å². The quantitative estimate of drug-likeness (QED) is 0.494. The lowest BCUT2D eigenvalue weighted by molar-refractivity contribution is -0.140. The lowest BCUT2D eigenvalue weighted by Gasteiger charge is -2.34. The van der Waals surface area contributed by atoms with Crippen LogP contribution < -0.4 is 4.74 Å². The lowest BCUT2D eigenvalue weighted by Crippen LogP contribution is -2.42. The molecule has 4 rings (SSSR count). The Labute approximate surface area is 184 Å². The fraction of sp³-hybridized carbons (Fsp3) is 0.385. The van der Waals surface area contributed by atoms with Gasteiger partial charge in [-0.1, -0.05) is 48.9 Å². The van der Waals surface area contributed by atoms with Gasteiger partial charge in [0.2, 0.25) is 11.8 Å². The minimum Gasteiger partial charge on any atom is -0.439 e. The second-order valence-corrected chi connectivity index (χ2v) is 8.73. The van der Waals surface area contributed by atoms with Crippen molar-refractivity contribution in [3.8, 4) is 22.9 Å². The van der Waals surface area contributed by atoms with E-state index in [9.17, 15) is 4.79 Å². The third-order valence-corrected chi connectivity index (χ3v) is 6.03. The van der Waals surface area contributed by atoms with Gasteiger partial charge in [-0.25, -0.2) is 4.68 Å². The van der Waals surface area contributed by atoms with E-state index < -0.39 is 0 Å². The van der Waals surface area contributed by atoms with E-state index in [-0.39, 0.29) is 17.9 Å². The van der Waals surface area contributed by atoms with Crippen LogP contribution in [-0.4, -0.2) is 26.6 Å². The highest BCUT2D eigenvalue weighted by Crippen LogP contribution is 2.36. The van der Waals surface area contributed by atoms with Crippen molar-refractivity contribution in [2.24, 2.45) is 13.0 Å². The molecule has 31 heavy (non-hydrogen) atoms. The van der Waals surface area contributed by atoms with Gasteiger partial charge in [0.05, 0.1) is 12.1 Å². The van der Waals surface area contributed by atoms with Gasteiger partial charge in [0.25, 0.3) is 0 Å². The Morgan fingerprint density at radius 2 is 1.90 bits per heavy atom. The molecule has 1 saturated carbocycles. The molecular weight excluding hydrogens is 386 g/mol. The van der Waals surface area contributed by atoms with E-state index in [4.69, 9.17) is 9.84 Å². The molecule has 1 aliphatic carbocycles. The summed E-state index contributed by atoms with van der Waals surface area (Å²) < 4.78 is 8.13. The fourth-order valence-electron chi connectivity index (χ4n) is 4.02. The third kappa shape index (κ3) is 4.50. The van der Waals surface area contributed by atoms with Gasteiger partial charge in [0, 0.05) is 24.6 Å². The Kier molecular flexibility index (Phi) is 6.12. The van der Waals surface area contributed by atoms with E-state index in [1.807, 2.05) is 61.3 Å². The molecule has 0 atom stereocenters. The molecule has 0 aliphatic heterocycles. The van der Waals surface area contributed by atoms with Crippen LogP contribution in [0, 0.1) is 12.8 Å². The van der Waals surface area contributed by atoms with E-state index in [2.05, 4.69) is 26.0 Å². The van der Waals surface area contributed by atoms with Crippen LogP contribution in [0.15, 0.2) is 54.6 Å². The number of rotatable bonds is 7. The molecule has 3 aromatic rings. The van der Waals surface area contributed by atoms with Crippen LogP contribution in [0.5, 0.6) is 11.6 Å². The largest absolute Gasteiger partial charge is 0.439 e. The minimum atomic E-state index is 0.101. The Morgan fingerprint density at radius 1 is 1.16 bits per heavy atom. The fourth-order valence-corrected chi connectivity index (χ4v) is 4.02. The highest BCUT2D eigenvalue weighted by atomic mass is 16.5. The highest BCUT2D eigenvalue weighted by Gasteiger charge is 2.32. The zero-order valence-electron chi connectivity index (χ0n) is 18.8. The van der Waals surface area contributed by atoms with Crippen LogP contribution in [0.1, 0.15) is 44.2 Å². The minimum absolute atomic E-state index is 0.101. The van der Waals surface area contributed by atoms with Crippen LogP contribution in [0.4, 0.5) is 0 Å². The van der Waals surface area contributed by atoms with E-state index in [0.29, 0.717) is 12.4 Å². The number of hydrogen-bond acceptors (Lipinski definition) is 3. The normalized spacial score (nSPS) is 13.8. The standard InChI is InChI=1S/C26H31N3O2/c1-18(2)29(25(30)21-13-9-14-21)17-23-24(20-11-6-5-7-12-20)27-28(4)26(23)31-22-15-8-10-19(3)16-22/h5-8,10-12,15-16,18,21H,9,13-14,17H2,1-4H3. The summed E-state index contributed by atoms with van der Waals surface area (Å²) in [4.78, 5) is 15.2. The average molecular weight is 418 g/mol. The SMILES string of the molecule is Cc1cccc(Oc2c(CN(C(=O)C3CCC3)C(C)C)c(-c3ccccc3)nn2C)c1. The van der Waals surface area contributed by atoms with Crippen LogP contribution >= 0.6 is 0 Å². The maximum atomic E-state index is 13.2. The molecule has 0 bridgehead atoms. The van der Waals surface area contributed by atoms with Crippen LogP contribution in [-0.2, 0) is 18.4 Å². The second-order valence-electron chi connectivity index (χ2n) is 8.73. The molecule has 0 unspecified atom stereocenters. The molecule has 1 fully saturated rings. The molecule has 0 spiro atoms. The number of aryl methyl sites for hydroxylation is 2. The van der Waals surface area contributed by atoms with E-state index in [1.165, 1.54) is 0 Å². The van der Waals surface area contributed by atoms with Gasteiger partial charge in [-0.3, -0.25) is 4.79 Å². The van der Waals surface area contributed by atoms with Crippen molar-refractivity contribution in [1.82, 2.24) is 14.7 Å². The summed E-state index contributed by atoms with van der Waals surface area (Å²) in [5.74, 6) is 1.84. The maximum Gasteiger partial charge on any atom is 0.226 e. The number of carbonyl (C=O) groups is 1. The van der Waals surface area contributed by atoms with Gasteiger partial charge in [0.15, 0.2) is 0 Å². The molecule has 5 nitrogen and oxygen atoms in total. The molecule has 0 N–H and O–H groups in total. The van der Waals surface area contributed by atoms with Gasteiger partial charge < -0.3 is 9.64 Å². The van der Waals surface area contributed by atoms with Crippen molar-refractivity contribution in [3.63, 3.8) is 0 Å². The molecule has 1 aliphatic rings. The molecule has 162 valence electrons. The highest BCUT2D eigenvalue weighted by molar-refractivity contribution is 5.80. The monoisotopic (exact) mass is 417 g/mol. The lowest BCUT2D eigenvalue weighted by atomic mass is 9.84. The summed E-state index contributed by atoms with van der Waals surface area (Å²) >= 11 is 0. The zero-order valence-corrected chi connectivity index (χ0v) is 18.8. The predicted molar refractivity (Wildman–Crippen MR) is 123 cm³/mol. The summed E-state index contributed by atoms with van der Waals surface area (Å²) in [6.07, 6.45) is 3.13. The Hall–Kier alpha value is -3.08. The molecule has 5 heteroatoms. The first-order valence-corrected chi connectivity index (χ1v) is 11.1. The molecule has 1 amide bonds. The molecule has 0 radical (unpaired) electrons. The smallest absolute Gasteiger partial charge is 0.226 e. The summed E-state index contributed by atoms with van der Waals surface area (Å²) in [6.45, 7) is 6.68. The van der Waals surface area contributed by atoms with Gasteiger partial charge in [-0.15, -0.1) is 0 Å². The maximum absolute atomic E-state index is 13.2. The van der Waals surface area contributed by atoms with Crippen molar-refractivity contribution in [2.45, 2.75) is 52.6 Å². The van der Waals surface area contributed by atoms with E-state index in [0.717, 1.165) is 47.4 Å². The summed E-state index contributed by atoms with van der Waals surface area (Å²) in [6, 6.07) is 18.2. The Morgan fingerprint density at radius 3 is 2.52 bits per heavy atom. The van der Waals surface area contributed by atoms with Gasteiger partial charge >= 0.3 is 0 Å².